The van der Waals surface area contributed by atoms with Crippen molar-refractivity contribution in [2.45, 2.75) is 43.5 Å². The number of anilines is 1. The van der Waals surface area contributed by atoms with E-state index in [9.17, 15) is 13.2 Å². The molecule has 7 nitrogen and oxygen atoms in total. The van der Waals surface area contributed by atoms with Crippen LogP contribution >= 0.6 is 0 Å². The molecule has 0 unspecified atom stereocenters. The molecule has 0 spiro atoms. The molecule has 1 N–H and O–H groups in total. The molecule has 8 heteroatoms. The maximum atomic E-state index is 13.0. The van der Waals surface area contributed by atoms with Crippen LogP contribution in [0.5, 0.6) is 0 Å². The third kappa shape index (κ3) is 3.46. The number of aromatic nitrogens is 2. The Labute approximate surface area is 154 Å². The van der Waals surface area contributed by atoms with Crippen molar-refractivity contribution in [3.63, 3.8) is 0 Å². The van der Waals surface area contributed by atoms with E-state index in [4.69, 9.17) is 0 Å². The fraction of sp³-hybridized carbons (Fsp3) is 0.444. The Balaban J connectivity index is 1.91. The maximum Gasteiger partial charge on any atom is 0.265 e. The molecule has 2 aromatic rings. The first-order valence-corrected chi connectivity index (χ1v) is 10.1. The molecule has 0 radical (unpaired) electrons. The van der Waals surface area contributed by atoms with E-state index in [1.54, 1.807) is 31.3 Å². The Morgan fingerprint density at radius 1 is 1.23 bits per heavy atom. The van der Waals surface area contributed by atoms with Gasteiger partial charge in [0.1, 0.15) is 5.56 Å². The SMILES string of the molecule is Cc1ccc(S(=O)(=O)N(C)c2c(C(=O)NC3CCCC3)cnn2C)cc1. The number of sulfonamides is 1. The molecule has 1 saturated carbocycles. The van der Waals surface area contributed by atoms with Crippen molar-refractivity contribution in [1.29, 1.82) is 0 Å². The van der Waals surface area contributed by atoms with Gasteiger partial charge in [0.15, 0.2) is 5.82 Å². The van der Waals surface area contributed by atoms with Gasteiger partial charge < -0.3 is 5.32 Å². The van der Waals surface area contributed by atoms with E-state index in [0.717, 1.165) is 35.6 Å². The first-order valence-electron chi connectivity index (χ1n) is 8.69. The van der Waals surface area contributed by atoms with Gasteiger partial charge in [-0.05, 0) is 31.9 Å². The molecule has 1 heterocycles. The van der Waals surface area contributed by atoms with Crippen LogP contribution in [0.3, 0.4) is 0 Å². The van der Waals surface area contributed by atoms with Crippen molar-refractivity contribution in [3.8, 4) is 0 Å². The zero-order valence-electron chi connectivity index (χ0n) is 15.3. The third-order valence-corrected chi connectivity index (χ3v) is 6.58. The third-order valence-electron chi connectivity index (χ3n) is 4.82. The number of amides is 1. The van der Waals surface area contributed by atoms with E-state index in [1.807, 2.05) is 6.92 Å². The minimum absolute atomic E-state index is 0.148. The number of nitrogens with one attached hydrogen (secondary N) is 1. The summed E-state index contributed by atoms with van der Waals surface area (Å²) in [7, 11) is -0.721. The molecule has 140 valence electrons. The molecule has 1 aromatic carbocycles. The van der Waals surface area contributed by atoms with Gasteiger partial charge in [0, 0.05) is 20.1 Å². The number of benzene rings is 1. The van der Waals surface area contributed by atoms with Crippen molar-refractivity contribution >= 4 is 21.7 Å². The fourth-order valence-electron chi connectivity index (χ4n) is 3.28. The first kappa shape index (κ1) is 18.4. The molecular formula is C18H24N4O3S. The van der Waals surface area contributed by atoms with Crippen LogP contribution in [0.1, 0.15) is 41.6 Å². The lowest BCUT2D eigenvalue weighted by Crippen LogP contribution is -2.35. The quantitative estimate of drug-likeness (QED) is 0.867. The van der Waals surface area contributed by atoms with Crippen LogP contribution in [0.15, 0.2) is 35.4 Å². The molecule has 1 aromatic heterocycles. The number of aryl methyl sites for hydroxylation is 2. The van der Waals surface area contributed by atoms with Crippen LogP contribution in [-0.2, 0) is 17.1 Å². The molecule has 1 fully saturated rings. The van der Waals surface area contributed by atoms with Crippen molar-refractivity contribution in [1.82, 2.24) is 15.1 Å². The van der Waals surface area contributed by atoms with E-state index in [0.29, 0.717) is 0 Å². The second kappa shape index (κ2) is 7.11. The van der Waals surface area contributed by atoms with Gasteiger partial charge in [0.25, 0.3) is 15.9 Å². The molecule has 26 heavy (non-hydrogen) atoms. The molecule has 1 amide bonds. The summed E-state index contributed by atoms with van der Waals surface area (Å²) < 4.78 is 28.5. The molecule has 1 aliphatic rings. The highest BCUT2D eigenvalue weighted by Gasteiger charge is 2.29. The van der Waals surface area contributed by atoms with Crippen molar-refractivity contribution in [2.24, 2.45) is 7.05 Å². The van der Waals surface area contributed by atoms with Gasteiger partial charge in [-0.25, -0.2) is 8.42 Å². The van der Waals surface area contributed by atoms with Gasteiger partial charge in [0.2, 0.25) is 0 Å². The monoisotopic (exact) mass is 376 g/mol. The predicted octanol–water partition coefficient (Wildman–Crippen LogP) is 2.23. The normalized spacial score (nSPS) is 15.2. The minimum Gasteiger partial charge on any atom is -0.349 e. The van der Waals surface area contributed by atoms with E-state index in [2.05, 4.69) is 10.4 Å². The lowest BCUT2D eigenvalue weighted by atomic mass is 10.2. The molecular weight excluding hydrogens is 352 g/mol. The van der Waals surface area contributed by atoms with Crippen LogP contribution in [0, 0.1) is 6.92 Å². The molecule has 0 aliphatic heterocycles. The second-order valence-electron chi connectivity index (χ2n) is 6.75. The van der Waals surface area contributed by atoms with Crippen molar-refractivity contribution < 1.29 is 13.2 Å². The number of hydrogen-bond acceptors (Lipinski definition) is 4. The number of carbonyl (C=O) groups excluding carboxylic acids is 1. The summed E-state index contributed by atoms with van der Waals surface area (Å²) in [6.07, 6.45) is 5.54. The maximum absolute atomic E-state index is 13.0. The highest BCUT2D eigenvalue weighted by Crippen LogP contribution is 2.26. The summed E-state index contributed by atoms with van der Waals surface area (Å²) in [5.41, 5.74) is 1.24. The van der Waals surface area contributed by atoms with E-state index >= 15 is 0 Å². The van der Waals surface area contributed by atoms with Crippen molar-refractivity contribution in [3.05, 3.63) is 41.6 Å². The number of nitrogens with zero attached hydrogens (tertiary/aromatic N) is 3. The summed E-state index contributed by atoms with van der Waals surface area (Å²) in [5.74, 6) is -0.0352. The van der Waals surface area contributed by atoms with E-state index in [1.165, 1.54) is 17.9 Å². The Morgan fingerprint density at radius 3 is 2.46 bits per heavy atom. The minimum atomic E-state index is -3.79. The standard InChI is InChI=1S/C18H24N4O3S/c1-13-8-10-15(11-9-13)26(24,25)22(3)18-16(12-19-21(18)2)17(23)20-14-6-4-5-7-14/h8-12,14H,4-7H2,1-3H3,(H,20,23). The summed E-state index contributed by atoms with van der Waals surface area (Å²) in [6, 6.07) is 6.77. The van der Waals surface area contributed by atoms with Crippen LogP contribution in [0.25, 0.3) is 0 Å². The van der Waals surface area contributed by atoms with E-state index in [-0.39, 0.29) is 28.2 Å². The second-order valence-corrected chi connectivity index (χ2v) is 8.72. The topological polar surface area (TPSA) is 84.3 Å². The smallest absolute Gasteiger partial charge is 0.265 e. The average molecular weight is 376 g/mol. The highest BCUT2D eigenvalue weighted by molar-refractivity contribution is 7.92. The Hall–Kier alpha value is -2.35. The highest BCUT2D eigenvalue weighted by atomic mass is 32.2. The Kier molecular flexibility index (Phi) is 5.04. The van der Waals surface area contributed by atoms with Gasteiger partial charge >= 0.3 is 0 Å². The summed E-state index contributed by atoms with van der Waals surface area (Å²) in [5, 5.41) is 7.09. The summed E-state index contributed by atoms with van der Waals surface area (Å²) in [4.78, 5) is 12.8. The van der Waals surface area contributed by atoms with Crippen LogP contribution in [-0.4, -0.2) is 37.2 Å². The van der Waals surface area contributed by atoms with E-state index < -0.39 is 10.0 Å². The van der Waals surface area contributed by atoms with Gasteiger partial charge in [-0.15, -0.1) is 0 Å². The predicted molar refractivity (Wildman–Crippen MR) is 99.7 cm³/mol. The fourth-order valence-corrected chi connectivity index (χ4v) is 4.52. The molecule has 3 rings (SSSR count). The van der Waals surface area contributed by atoms with Gasteiger partial charge in [0.05, 0.1) is 11.1 Å². The average Bonchev–Trinajstić information content (AvgIpc) is 3.24. The molecule has 0 saturated heterocycles. The first-order chi connectivity index (χ1) is 12.3. The molecule has 0 bridgehead atoms. The van der Waals surface area contributed by atoms with Crippen LogP contribution in [0.2, 0.25) is 0 Å². The zero-order chi connectivity index (χ0) is 18.9. The zero-order valence-corrected chi connectivity index (χ0v) is 16.1. The van der Waals surface area contributed by atoms with Gasteiger partial charge in [-0.1, -0.05) is 30.5 Å². The summed E-state index contributed by atoms with van der Waals surface area (Å²) >= 11 is 0. The molecule has 1 aliphatic carbocycles. The van der Waals surface area contributed by atoms with Crippen molar-refractivity contribution in [2.75, 3.05) is 11.4 Å². The number of rotatable bonds is 5. The molecule has 0 atom stereocenters. The lowest BCUT2D eigenvalue weighted by molar-refractivity contribution is 0.0938. The number of hydrogen-bond donors (Lipinski definition) is 1. The number of carbonyl (C=O) groups is 1. The Morgan fingerprint density at radius 2 is 1.85 bits per heavy atom. The van der Waals surface area contributed by atoms with Gasteiger partial charge in [-0.3, -0.25) is 13.8 Å². The van der Waals surface area contributed by atoms with Gasteiger partial charge in [-0.2, -0.15) is 5.10 Å². The largest absolute Gasteiger partial charge is 0.349 e. The Bertz CT molecular complexity index is 897. The van der Waals surface area contributed by atoms with Crippen LogP contribution < -0.4 is 9.62 Å². The summed E-state index contributed by atoms with van der Waals surface area (Å²) in [6.45, 7) is 1.90. The van der Waals surface area contributed by atoms with Crippen LogP contribution in [0.4, 0.5) is 5.82 Å². The lowest BCUT2D eigenvalue weighted by Gasteiger charge is -2.21.